The first kappa shape index (κ1) is 11.8. The lowest BCUT2D eigenvalue weighted by molar-refractivity contribution is 0.641. The van der Waals surface area contributed by atoms with Gasteiger partial charge < -0.3 is 5.32 Å². The molecule has 0 fully saturated rings. The van der Waals surface area contributed by atoms with Crippen molar-refractivity contribution < 1.29 is 0 Å². The molecule has 0 radical (unpaired) electrons. The van der Waals surface area contributed by atoms with Crippen LogP contribution in [0.4, 0.5) is 0 Å². The molecule has 4 heteroatoms. The molecule has 1 N–H and O–H groups in total. The van der Waals surface area contributed by atoms with Gasteiger partial charge in [0.2, 0.25) is 0 Å². The summed E-state index contributed by atoms with van der Waals surface area (Å²) in [5, 5.41) is 7.64. The molecule has 4 nitrogen and oxygen atoms in total. The van der Waals surface area contributed by atoms with E-state index < -0.39 is 0 Å². The molecule has 0 unspecified atom stereocenters. The van der Waals surface area contributed by atoms with Crippen LogP contribution in [0.5, 0.6) is 0 Å². The van der Waals surface area contributed by atoms with Crippen LogP contribution in [0.25, 0.3) is 0 Å². The van der Waals surface area contributed by atoms with E-state index in [1.54, 1.807) is 6.33 Å². The number of nitrogens with one attached hydrogen (secondary N) is 1. The monoisotopic (exact) mass is 230 g/mol. The fourth-order valence-corrected chi connectivity index (χ4v) is 1.69. The molecule has 0 saturated heterocycles. The Kier molecular flexibility index (Phi) is 3.88. The van der Waals surface area contributed by atoms with Gasteiger partial charge in [-0.15, -0.1) is 0 Å². The lowest BCUT2D eigenvalue weighted by Crippen LogP contribution is -2.13. The van der Waals surface area contributed by atoms with E-state index >= 15 is 0 Å². The molecule has 90 valence electrons. The molecule has 0 amide bonds. The Morgan fingerprint density at radius 1 is 1.29 bits per heavy atom. The second-order valence-electron chi connectivity index (χ2n) is 4.07. The van der Waals surface area contributed by atoms with Crippen molar-refractivity contribution in [1.82, 2.24) is 20.1 Å². The maximum absolute atomic E-state index is 4.43. The number of aryl methyl sites for hydroxylation is 1. The van der Waals surface area contributed by atoms with Crippen LogP contribution in [0.2, 0.25) is 0 Å². The van der Waals surface area contributed by atoms with Crippen molar-refractivity contribution in [3.05, 3.63) is 47.5 Å². The van der Waals surface area contributed by atoms with Gasteiger partial charge in [0, 0.05) is 0 Å². The van der Waals surface area contributed by atoms with E-state index in [9.17, 15) is 0 Å². The molecule has 0 aliphatic heterocycles. The van der Waals surface area contributed by atoms with Crippen molar-refractivity contribution in [2.75, 3.05) is 6.54 Å². The zero-order valence-corrected chi connectivity index (χ0v) is 10.3. The molecule has 2 aromatic rings. The molecule has 0 bridgehead atoms. The van der Waals surface area contributed by atoms with E-state index in [1.807, 2.05) is 4.68 Å². The van der Waals surface area contributed by atoms with Crippen LogP contribution in [0.1, 0.15) is 23.9 Å². The second kappa shape index (κ2) is 5.59. The van der Waals surface area contributed by atoms with Gasteiger partial charge in [-0.3, -0.25) is 0 Å². The molecular weight excluding hydrogens is 212 g/mol. The molecule has 1 aromatic carbocycles. The van der Waals surface area contributed by atoms with Crippen molar-refractivity contribution in [1.29, 1.82) is 0 Å². The third-order valence-electron chi connectivity index (χ3n) is 2.71. The van der Waals surface area contributed by atoms with Gasteiger partial charge in [0.15, 0.2) is 5.82 Å². The summed E-state index contributed by atoms with van der Waals surface area (Å²) in [6.07, 6.45) is 1.79. The fraction of sp³-hybridized carbons (Fsp3) is 0.385. The first-order valence-corrected chi connectivity index (χ1v) is 5.93. The largest absolute Gasteiger partial charge is 0.310 e. The van der Waals surface area contributed by atoms with E-state index in [-0.39, 0.29) is 0 Å². The minimum Gasteiger partial charge on any atom is -0.310 e. The van der Waals surface area contributed by atoms with Gasteiger partial charge in [-0.1, -0.05) is 31.2 Å². The van der Waals surface area contributed by atoms with Crippen LogP contribution < -0.4 is 5.32 Å². The van der Waals surface area contributed by atoms with E-state index in [0.29, 0.717) is 0 Å². The van der Waals surface area contributed by atoms with E-state index in [2.05, 4.69) is 53.5 Å². The molecular formula is C13H18N4. The van der Waals surface area contributed by atoms with Gasteiger partial charge in [-0.2, -0.15) is 5.10 Å². The smallest absolute Gasteiger partial charge is 0.164 e. The Bertz CT molecular complexity index is 476. The normalized spacial score (nSPS) is 10.7. The molecule has 0 atom stereocenters. The minimum absolute atomic E-state index is 0.733. The van der Waals surface area contributed by atoms with Gasteiger partial charge in [0.05, 0.1) is 13.1 Å². The SMILES string of the molecule is CCNCc1ncn(Cc2ccccc2C)n1. The van der Waals surface area contributed by atoms with Crippen LogP contribution in [-0.2, 0) is 13.1 Å². The Labute approximate surface area is 102 Å². The predicted molar refractivity (Wildman–Crippen MR) is 67.7 cm³/mol. The van der Waals surface area contributed by atoms with Gasteiger partial charge in [-0.25, -0.2) is 9.67 Å². The highest BCUT2D eigenvalue weighted by Crippen LogP contribution is 2.08. The number of hydrogen-bond acceptors (Lipinski definition) is 3. The maximum atomic E-state index is 4.43. The number of benzene rings is 1. The Morgan fingerprint density at radius 3 is 2.88 bits per heavy atom. The fourth-order valence-electron chi connectivity index (χ4n) is 1.69. The Balaban J connectivity index is 2.04. The van der Waals surface area contributed by atoms with Crippen LogP contribution in [-0.4, -0.2) is 21.3 Å². The summed E-state index contributed by atoms with van der Waals surface area (Å²) in [5.41, 5.74) is 2.57. The average molecular weight is 230 g/mol. The quantitative estimate of drug-likeness (QED) is 0.851. The summed E-state index contributed by atoms with van der Waals surface area (Å²) in [6, 6.07) is 8.35. The average Bonchev–Trinajstić information content (AvgIpc) is 2.77. The molecule has 0 aliphatic rings. The van der Waals surface area contributed by atoms with Crippen molar-refractivity contribution in [2.45, 2.75) is 26.9 Å². The topological polar surface area (TPSA) is 42.7 Å². The number of hydrogen-bond donors (Lipinski definition) is 1. The number of rotatable bonds is 5. The summed E-state index contributed by atoms with van der Waals surface area (Å²) in [5.74, 6) is 0.848. The van der Waals surface area contributed by atoms with Gasteiger partial charge in [-0.05, 0) is 24.6 Å². The third-order valence-corrected chi connectivity index (χ3v) is 2.71. The van der Waals surface area contributed by atoms with Crippen molar-refractivity contribution in [3.8, 4) is 0 Å². The summed E-state index contributed by atoms with van der Waals surface area (Å²) in [4.78, 5) is 4.27. The molecule has 17 heavy (non-hydrogen) atoms. The summed E-state index contributed by atoms with van der Waals surface area (Å²) in [6.45, 7) is 6.64. The highest BCUT2D eigenvalue weighted by atomic mass is 15.3. The standard InChI is InChI=1S/C13H18N4/c1-3-14-8-13-15-10-17(16-13)9-12-7-5-4-6-11(12)2/h4-7,10,14H,3,8-9H2,1-2H3. The second-order valence-corrected chi connectivity index (χ2v) is 4.07. The van der Waals surface area contributed by atoms with Crippen LogP contribution >= 0.6 is 0 Å². The predicted octanol–water partition coefficient (Wildman–Crippen LogP) is 1.74. The van der Waals surface area contributed by atoms with E-state index in [0.717, 1.165) is 25.5 Å². The molecule has 0 saturated carbocycles. The number of aromatic nitrogens is 3. The lowest BCUT2D eigenvalue weighted by Gasteiger charge is -2.04. The highest BCUT2D eigenvalue weighted by molar-refractivity contribution is 5.25. The number of nitrogens with zero attached hydrogens (tertiary/aromatic N) is 3. The van der Waals surface area contributed by atoms with Gasteiger partial charge >= 0.3 is 0 Å². The van der Waals surface area contributed by atoms with Crippen LogP contribution in [0, 0.1) is 6.92 Å². The molecule has 0 spiro atoms. The van der Waals surface area contributed by atoms with Crippen molar-refractivity contribution in [3.63, 3.8) is 0 Å². The first-order valence-electron chi connectivity index (χ1n) is 5.93. The van der Waals surface area contributed by atoms with Crippen LogP contribution in [0.15, 0.2) is 30.6 Å². The van der Waals surface area contributed by atoms with Gasteiger partial charge in [0.1, 0.15) is 6.33 Å². The summed E-state index contributed by atoms with van der Waals surface area (Å²) < 4.78 is 1.88. The summed E-state index contributed by atoms with van der Waals surface area (Å²) >= 11 is 0. The highest BCUT2D eigenvalue weighted by Gasteiger charge is 2.02. The minimum atomic E-state index is 0.733. The lowest BCUT2D eigenvalue weighted by atomic mass is 10.1. The molecule has 1 heterocycles. The van der Waals surface area contributed by atoms with Crippen molar-refractivity contribution >= 4 is 0 Å². The third kappa shape index (κ3) is 3.14. The van der Waals surface area contributed by atoms with Gasteiger partial charge in [0.25, 0.3) is 0 Å². The molecule has 2 rings (SSSR count). The van der Waals surface area contributed by atoms with Crippen molar-refractivity contribution in [2.24, 2.45) is 0 Å². The summed E-state index contributed by atoms with van der Waals surface area (Å²) in [7, 11) is 0. The zero-order chi connectivity index (χ0) is 12.1. The molecule has 0 aliphatic carbocycles. The Hall–Kier alpha value is -1.68. The van der Waals surface area contributed by atoms with E-state index in [4.69, 9.17) is 0 Å². The Morgan fingerprint density at radius 2 is 2.12 bits per heavy atom. The zero-order valence-electron chi connectivity index (χ0n) is 10.3. The van der Waals surface area contributed by atoms with E-state index in [1.165, 1.54) is 11.1 Å². The molecule has 1 aromatic heterocycles. The maximum Gasteiger partial charge on any atom is 0.164 e. The first-order chi connectivity index (χ1) is 8.29. The van der Waals surface area contributed by atoms with Crippen LogP contribution in [0.3, 0.4) is 0 Å².